The van der Waals surface area contributed by atoms with Crippen molar-refractivity contribution in [1.29, 1.82) is 0 Å². The summed E-state index contributed by atoms with van der Waals surface area (Å²) in [5.74, 6) is 0.888. The molecule has 0 fully saturated rings. The normalized spacial score (nSPS) is 10.7. The highest BCUT2D eigenvalue weighted by Crippen LogP contribution is 2.29. The number of nitro benzene ring substituents is 1. The number of carbonyl (C=O) groups is 1. The lowest BCUT2D eigenvalue weighted by atomic mass is 10.0. The van der Waals surface area contributed by atoms with Crippen LogP contribution in [0.2, 0.25) is 0 Å². The van der Waals surface area contributed by atoms with E-state index in [1.54, 1.807) is 19.1 Å². The van der Waals surface area contributed by atoms with Gasteiger partial charge in [0.1, 0.15) is 11.4 Å². The van der Waals surface area contributed by atoms with E-state index in [2.05, 4.69) is 35.1 Å². The van der Waals surface area contributed by atoms with Gasteiger partial charge in [-0.15, -0.1) is 0 Å². The van der Waals surface area contributed by atoms with Crippen LogP contribution in [0.5, 0.6) is 5.75 Å². The van der Waals surface area contributed by atoms with E-state index in [1.165, 1.54) is 11.6 Å². The van der Waals surface area contributed by atoms with E-state index in [-0.39, 0.29) is 23.7 Å². The van der Waals surface area contributed by atoms with E-state index in [1.807, 2.05) is 18.2 Å². The van der Waals surface area contributed by atoms with E-state index in [0.717, 1.165) is 15.8 Å². The molecule has 0 saturated carbocycles. The van der Waals surface area contributed by atoms with Gasteiger partial charge in [0.25, 0.3) is 5.69 Å². The van der Waals surface area contributed by atoms with Gasteiger partial charge in [-0.05, 0) is 64.5 Å². The topological polar surface area (TPSA) is 81.5 Å². The minimum absolute atomic E-state index is 0.103. The summed E-state index contributed by atoms with van der Waals surface area (Å²) in [6, 6.07) is 10.7. The highest BCUT2D eigenvalue weighted by Gasteiger charge is 2.15. The Morgan fingerprint density at radius 3 is 2.63 bits per heavy atom. The number of rotatable bonds is 8. The predicted octanol–water partition coefficient (Wildman–Crippen LogP) is 5.59. The molecule has 0 atom stereocenters. The number of nitrogens with zero attached hydrogens (tertiary/aromatic N) is 1. The molecule has 0 saturated heterocycles. The van der Waals surface area contributed by atoms with Crippen molar-refractivity contribution >= 4 is 33.2 Å². The Bertz CT molecular complexity index is 837. The summed E-state index contributed by atoms with van der Waals surface area (Å²) < 4.78 is 6.60. The molecule has 0 radical (unpaired) electrons. The molecular weight excluding hydrogens is 412 g/mol. The zero-order chi connectivity index (χ0) is 20.0. The van der Waals surface area contributed by atoms with Crippen molar-refractivity contribution in [3.8, 4) is 5.75 Å². The molecule has 0 unspecified atom stereocenters. The number of hydrogen-bond donors (Lipinski definition) is 1. The van der Waals surface area contributed by atoms with Crippen LogP contribution in [0.1, 0.15) is 43.7 Å². The van der Waals surface area contributed by atoms with Crippen LogP contribution in [0.3, 0.4) is 0 Å². The first kappa shape index (κ1) is 20.9. The van der Waals surface area contributed by atoms with Crippen molar-refractivity contribution < 1.29 is 14.5 Å². The molecule has 0 aliphatic carbocycles. The molecule has 0 aromatic heterocycles. The molecule has 1 amide bonds. The largest absolute Gasteiger partial charge is 0.492 e. The maximum absolute atomic E-state index is 12.1. The van der Waals surface area contributed by atoms with Gasteiger partial charge in [-0.2, -0.15) is 0 Å². The standard InChI is InChI=1S/C20H23BrN2O4/c1-13(2)15-7-9-19(16(21)12-15)27-10-4-5-20(24)22-17-8-6-14(3)11-18(17)23(25)26/h6-9,11-13H,4-5,10H2,1-3H3,(H,22,24). The predicted molar refractivity (Wildman–Crippen MR) is 109 cm³/mol. The summed E-state index contributed by atoms with van der Waals surface area (Å²) in [6.45, 7) is 6.39. The Hall–Kier alpha value is -2.41. The van der Waals surface area contributed by atoms with Crippen molar-refractivity contribution in [3.63, 3.8) is 0 Å². The third kappa shape index (κ3) is 6.06. The van der Waals surface area contributed by atoms with E-state index in [9.17, 15) is 14.9 Å². The van der Waals surface area contributed by atoms with Crippen molar-refractivity contribution in [2.24, 2.45) is 0 Å². The van der Waals surface area contributed by atoms with E-state index in [0.29, 0.717) is 18.9 Å². The minimum Gasteiger partial charge on any atom is -0.492 e. The van der Waals surface area contributed by atoms with Crippen LogP contribution in [0.25, 0.3) is 0 Å². The number of hydrogen-bond acceptors (Lipinski definition) is 4. The van der Waals surface area contributed by atoms with Crippen LogP contribution in [-0.2, 0) is 4.79 Å². The molecule has 0 bridgehead atoms. The van der Waals surface area contributed by atoms with Gasteiger partial charge in [-0.1, -0.05) is 26.0 Å². The number of nitro groups is 1. The third-order valence-electron chi connectivity index (χ3n) is 4.05. The molecule has 2 aromatic rings. The first-order chi connectivity index (χ1) is 12.8. The second kappa shape index (κ2) is 9.50. The average molecular weight is 435 g/mol. The Balaban J connectivity index is 1.84. The van der Waals surface area contributed by atoms with Gasteiger partial charge in [0.2, 0.25) is 5.91 Å². The van der Waals surface area contributed by atoms with Gasteiger partial charge in [-0.25, -0.2) is 0 Å². The first-order valence-corrected chi connectivity index (χ1v) is 9.54. The van der Waals surface area contributed by atoms with Gasteiger partial charge in [-0.3, -0.25) is 14.9 Å². The minimum atomic E-state index is -0.496. The van der Waals surface area contributed by atoms with Gasteiger partial charge < -0.3 is 10.1 Å². The highest BCUT2D eigenvalue weighted by atomic mass is 79.9. The first-order valence-electron chi connectivity index (χ1n) is 8.75. The number of anilines is 1. The van der Waals surface area contributed by atoms with E-state index in [4.69, 9.17) is 4.74 Å². The summed E-state index contributed by atoms with van der Waals surface area (Å²) in [7, 11) is 0. The lowest BCUT2D eigenvalue weighted by Crippen LogP contribution is -2.14. The van der Waals surface area contributed by atoms with Crippen LogP contribution < -0.4 is 10.1 Å². The summed E-state index contributed by atoms with van der Waals surface area (Å²) in [5, 5.41) is 13.7. The second-order valence-corrected chi connectivity index (χ2v) is 7.48. The third-order valence-corrected chi connectivity index (χ3v) is 4.67. The molecule has 0 heterocycles. The van der Waals surface area contributed by atoms with Crippen LogP contribution >= 0.6 is 15.9 Å². The molecule has 0 aliphatic heterocycles. The summed E-state index contributed by atoms with van der Waals surface area (Å²) in [5.41, 5.74) is 2.09. The van der Waals surface area contributed by atoms with Crippen LogP contribution in [0, 0.1) is 17.0 Å². The van der Waals surface area contributed by atoms with Crippen molar-refractivity contribution in [2.45, 2.75) is 39.5 Å². The number of benzene rings is 2. The smallest absolute Gasteiger partial charge is 0.293 e. The monoisotopic (exact) mass is 434 g/mol. The average Bonchev–Trinajstić information content (AvgIpc) is 2.61. The number of ether oxygens (including phenoxy) is 1. The van der Waals surface area contributed by atoms with Gasteiger partial charge in [0.15, 0.2) is 0 Å². The second-order valence-electron chi connectivity index (χ2n) is 6.62. The molecule has 2 aromatic carbocycles. The molecule has 144 valence electrons. The number of halogens is 1. The molecule has 1 N–H and O–H groups in total. The Morgan fingerprint density at radius 2 is 2.00 bits per heavy atom. The van der Waals surface area contributed by atoms with E-state index < -0.39 is 4.92 Å². The number of amides is 1. The SMILES string of the molecule is Cc1ccc(NC(=O)CCCOc2ccc(C(C)C)cc2Br)c([N+](=O)[O-])c1. The maximum Gasteiger partial charge on any atom is 0.293 e. The quantitative estimate of drug-likeness (QED) is 0.333. The van der Waals surface area contributed by atoms with Crippen LogP contribution in [-0.4, -0.2) is 17.4 Å². The van der Waals surface area contributed by atoms with Gasteiger partial charge >= 0.3 is 0 Å². The highest BCUT2D eigenvalue weighted by molar-refractivity contribution is 9.10. The van der Waals surface area contributed by atoms with Crippen LogP contribution in [0.4, 0.5) is 11.4 Å². The van der Waals surface area contributed by atoms with Crippen LogP contribution in [0.15, 0.2) is 40.9 Å². The Labute approximate surface area is 167 Å². The molecule has 27 heavy (non-hydrogen) atoms. The molecule has 0 aliphatic rings. The fourth-order valence-corrected chi connectivity index (χ4v) is 3.03. The lowest BCUT2D eigenvalue weighted by molar-refractivity contribution is -0.384. The fraction of sp³-hybridized carbons (Fsp3) is 0.350. The molecule has 0 spiro atoms. The Morgan fingerprint density at radius 1 is 1.26 bits per heavy atom. The lowest BCUT2D eigenvalue weighted by Gasteiger charge is -2.11. The number of aryl methyl sites for hydroxylation is 1. The summed E-state index contributed by atoms with van der Waals surface area (Å²) in [6.07, 6.45) is 0.719. The van der Waals surface area contributed by atoms with Crippen molar-refractivity contribution in [3.05, 3.63) is 62.1 Å². The number of carbonyl (C=O) groups excluding carboxylic acids is 1. The summed E-state index contributed by atoms with van der Waals surface area (Å²) in [4.78, 5) is 22.7. The van der Waals surface area contributed by atoms with Crippen molar-refractivity contribution in [2.75, 3.05) is 11.9 Å². The van der Waals surface area contributed by atoms with Gasteiger partial charge in [0.05, 0.1) is 16.0 Å². The van der Waals surface area contributed by atoms with Crippen molar-refractivity contribution in [1.82, 2.24) is 0 Å². The molecular formula is C20H23BrN2O4. The molecule has 2 rings (SSSR count). The Kier molecular flexibility index (Phi) is 7.36. The maximum atomic E-state index is 12.1. The molecule has 7 heteroatoms. The van der Waals surface area contributed by atoms with E-state index >= 15 is 0 Å². The fourth-order valence-electron chi connectivity index (χ4n) is 2.52. The zero-order valence-corrected chi connectivity index (χ0v) is 17.2. The molecule has 6 nitrogen and oxygen atoms in total. The number of nitrogens with one attached hydrogen (secondary N) is 1. The summed E-state index contributed by atoms with van der Waals surface area (Å²) >= 11 is 3.50. The zero-order valence-electron chi connectivity index (χ0n) is 15.6. The van der Waals surface area contributed by atoms with Gasteiger partial charge in [0, 0.05) is 12.5 Å².